The average Bonchev–Trinajstić information content (AvgIpc) is 3.23. The summed E-state index contributed by atoms with van der Waals surface area (Å²) in [6.07, 6.45) is 2.40. The fraction of sp³-hybridized carbons (Fsp3) is 0.167. The lowest BCUT2D eigenvalue weighted by Crippen LogP contribution is -1.96. The number of aromatic nitrogens is 2. The summed E-state index contributed by atoms with van der Waals surface area (Å²) in [6.45, 7) is 4.45. The summed E-state index contributed by atoms with van der Waals surface area (Å²) in [7, 11) is 0. The van der Waals surface area contributed by atoms with Crippen LogP contribution in [0.3, 0.4) is 0 Å². The first-order valence-electron chi connectivity index (χ1n) is 9.26. The van der Waals surface area contributed by atoms with E-state index >= 15 is 0 Å². The van der Waals surface area contributed by atoms with E-state index in [9.17, 15) is 0 Å². The Hall–Kier alpha value is -3.20. The molecule has 0 saturated heterocycles. The van der Waals surface area contributed by atoms with Crippen molar-refractivity contribution in [2.75, 3.05) is 0 Å². The molecule has 134 valence electrons. The second-order valence-corrected chi connectivity index (χ2v) is 7.17. The third kappa shape index (κ3) is 3.82. The van der Waals surface area contributed by atoms with Gasteiger partial charge < -0.3 is 4.42 Å². The Morgan fingerprint density at radius 2 is 1.48 bits per heavy atom. The van der Waals surface area contributed by atoms with E-state index in [2.05, 4.69) is 90.8 Å². The topological polar surface area (TPSA) is 38.9 Å². The molecule has 0 radical (unpaired) electrons. The van der Waals surface area contributed by atoms with Gasteiger partial charge in [-0.1, -0.05) is 80.6 Å². The van der Waals surface area contributed by atoms with Crippen molar-refractivity contribution >= 4 is 0 Å². The molecule has 0 unspecified atom stereocenters. The predicted octanol–water partition coefficient (Wildman–Crippen LogP) is 6.27. The van der Waals surface area contributed by atoms with Crippen LogP contribution in [0.1, 0.15) is 19.4 Å². The third-order valence-electron chi connectivity index (χ3n) is 4.62. The number of nitrogens with zero attached hydrogens (tertiary/aromatic N) is 2. The fourth-order valence-electron chi connectivity index (χ4n) is 3.38. The minimum atomic E-state index is 0.558. The smallest absolute Gasteiger partial charge is 0.248 e. The molecule has 0 saturated carbocycles. The monoisotopic (exact) mass is 354 g/mol. The van der Waals surface area contributed by atoms with Crippen LogP contribution in [0.4, 0.5) is 0 Å². The molecule has 1 aromatic heterocycles. The van der Waals surface area contributed by atoms with E-state index in [1.807, 2.05) is 6.07 Å². The molecule has 0 N–H and O–H groups in total. The molecule has 0 aliphatic heterocycles. The molecule has 0 spiro atoms. The normalized spacial score (nSPS) is 11.1. The lowest BCUT2D eigenvalue weighted by Gasteiger charge is -2.12. The molecule has 0 aliphatic rings. The van der Waals surface area contributed by atoms with Crippen molar-refractivity contribution in [1.82, 2.24) is 10.2 Å². The summed E-state index contributed by atoms with van der Waals surface area (Å²) >= 11 is 0. The summed E-state index contributed by atoms with van der Waals surface area (Å²) in [5.74, 6) is 1.15. The van der Waals surface area contributed by atoms with Gasteiger partial charge in [-0.25, -0.2) is 0 Å². The van der Waals surface area contributed by atoms with E-state index in [-0.39, 0.29) is 0 Å². The minimum Gasteiger partial charge on any atom is -0.423 e. The van der Waals surface area contributed by atoms with E-state index in [1.54, 1.807) is 0 Å². The molecule has 0 atom stereocenters. The van der Waals surface area contributed by atoms with Crippen LogP contribution in [0, 0.1) is 5.92 Å². The average molecular weight is 354 g/mol. The largest absolute Gasteiger partial charge is 0.423 e. The Balaban J connectivity index is 1.74. The van der Waals surface area contributed by atoms with Gasteiger partial charge in [0.2, 0.25) is 12.3 Å². The Morgan fingerprint density at radius 3 is 2.15 bits per heavy atom. The highest BCUT2D eigenvalue weighted by Gasteiger charge is 2.13. The van der Waals surface area contributed by atoms with E-state index in [4.69, 9.17) is 4.42 Å². The van der Waals surface area contributed by atoms with Gasteiger partial charge in [0, 0.05) is 5.56 Å². The summed E-state index contributed by atoms with van der Waals surface area (Å²) in [5, 5.41) is 8.00. The molecular weight excluding hydrogens is 332 g/mol. The first-order chi connectivity index (χ1) is 13.2. The van der Waals surface area contributed by atoms with E-state index in [0.717, 1.165) is 23.1 Å². The standard InChI is InChI=1S/C24H22N2O/c1-17(2)14-18-8-13-22(23(15-18)24-26-25-16-27-24)21-11-9-20(10-12-21)19-6-4-3-5-7-19/h3-13,15-17H,14H2,1-2H3. The van der Waals surface area contributed by atoms with Gasteiger partial charge in [-0.3, -0.25) is 0 Å². The van der Waals surface area contributed by atoms with Gasteiger partial charge >= 0.3 is 0 Å². The number of rotatable bonds is 5. The number of hydrogen-bond acceptors (Lipinski definition) is 3. The van der Waals surface area contributed by atoms with E-state index in [1.165, 1.54) is 23.1 Å². The first kappa shape index (κ1) is 17.2. The first-order valence-corrected chi connectivity index (χ1v) is 9.26. The molecule has 1 heterocycles. The zero-order chi connectivity index (χ0) is 18.6. The van der Waals surface area contributed by atoms with Crippen molar-refractivity contribution in [1.29, 1.82) is 0 Å². The molecule has 4 aromatic rings. The fourth-order valence-corrected chi connectivity index (χ4v) is 3.38. The number of hydrogen-bond donors (Lipinski definition) is 0. The van der Waals surface area contributed by atoms with Crippen LogP contribution in [0.5, 0.6) is 0 Å². The molecule has 0 bridgehead atoms. The molecule has 0 amide bonds. The molecule has 27 heavy (non-hydrogen) atoms. The van der Waals surface area contributed by atoms with Crippen molar-refractivity contribution in [3.63, 3.8) is 0 Å². The zero-order valence-corrected chi connectivity index (χ0v) is 15.6. The molecule has 3 heteroatoms. The summed E-state index contributed by atoms with van der Waals surface area (Å²) in [4.78, 5) is 0. The van der Waals surface area contributed by atoms with Crippen molar-refractivity contribution < 1.29 is 4.42 Å². The van der Waals surface area contributed by atoms with Crippen LogP contribution in [0.2, 0.25) is 0 Å². The quantitative estimate of drug-likeness (QED) is 0.424. The Bertz CT molecular complexity index is 1000. The SMILES string of the molecule is CC(C)Cc1ccc(-c2ccc(-c3ccccc3)cc2)c(-c2nnco2)c1. The van der Waals surface area contributed by atoms with Gasteiger partial charge in [0.25, 0.3) is 0 Å². The summed E-state index contributed by atoms with van der Waals surface area (Å²) < 4.78 is 5.51. The predicted molar refractivity (Wildman–Crippen MR) is 109 cm³/mol. The van der Waals surface area contributed by atoms with Gasteiger partial charge in [-0.2, -0.15) is 0 Å². The van der Waals surface area contributed by atoms with Gasteiger partial charge in [-0.15, -0.1) is 10.2 Å². The third-order valence-corrected chi connectivity index (χ3v) is 4.62. The molecule has 3 nitrogen and oxygen atoms in total. The highest BCUT2D eigenvalue weighted by molar-refractivity contribution is 5.81. The van der Waals surface area contributed by atoms with E-state index < -0.39 is 0 Å². The minimum absolute atomic E-state index is 0.558. The van der Waals surface area contributed by atoms with Crippen molar-refractivity contribution in [2.24, 2.45) is 5.92 Å². The van der Waals surface area contributed by atoms with Crippen LogP contribution in [-0.2, 0) is 6.42 Å². The van der Waals surface area contributed by atoms with Crippen molar-refractivity contribution in [3.05, 3.63) is 84.8 Å². The van der Waals surface area contributed by atoms with Gasteiger partial charge in [-0.05, 0) is 46.2 Å². The molecule has 4 rings (SSSR count). The Kier molecular flexibility index (Phi) is 4.84. The molecular formula is C24H22N2O. The molecule has 0 fully saturated rings. The second-order valence-electron chi connectivity index (χ2n) is 7.17. The Labute approximate surface area is 159 Å². The maximum absolute atomic E-state index is 5.51. The second kappa shape index (κ2) is 7.58. The van der Waals surface area contributed by atoms with Crippen molar-refractivity contribution in [2.45, 2.75) is 20.3 Å². The zero-order valence-electron chi connectivity index (χ0n) is 15.6. The highest BCUT2D eigenvalue weighted by Crippen LogP contribution is 2.33. The maximum atomic E-state index is 5.51. The lowest BCUT2D eigenvalue weighted by atomic mass is 9.93. The number of benzene rings is 3. The van der Waals surface area contributed by atoms with Gasteiger partial charge in [0.05, 0.1) is 0 Å². The van der Waals surface area contributed by atoms with Crippen LogP contribution in [0.15, 0.2) is 83.6 Å². The highest BCUT2D eigenvalue weighted by atomic mass is 16.4. The summed E-state index contributed by atoms with van der Waals surface area (Å²) in [5.41, 5.74) is 6.93. The molecule has 0 aliphatic carbocycles. The van der Waals surface area contributed by atoms with Crippen molar-refractivity contribution in [3.8, 4) is 33.7 Å². The van der Waals surface area contributed by atoms with E-state index in [0.29, 0.717) is 11.8 Å². The Morgan fingerprint density at radius 1 is 0.778 bits per heavy atom. The maximum Gasteiger partial charge on any atom is 0.248 e. The van der Waals surface area contributed by atoms with Crippen LogP contribution in [-0.4, -0.2) is 10.2 Å². The van der Waals surface area contributed by atoms with Gasteiger partial charge in [0.15, 0.2) is 0 Å². The van der Waals surface area contributed by atoms with Crippen LogP contribution >= 0.6 is 0 Å². The van der Waals surface area contributed by atoms with Crippen LogP contribution in [0.25, 0.3) is 33.7 Å². The molecule has 3 aromatic carbocycles. The van der Waals surface area contributed by atoms with Crippen LogP contribution < -0.4 is 0 Å². The van der Waals surface area contributed by atoms with Gasteiger partial charge in [0.1, 0.15) is 0 Å². The summed E-state index contributed by atoms with van der Waals surface area (Å²) in [6, 6.07) is 25.6. The lowest BCUT2D eigenvalue weighted by molar-refractivity contribution is 0.568.